The van der Waals surface area contributed by atoms with E-state index in [0.29, 0.717) is 12.3 Å². The number of hydrogen-bond acceptors (Lipinski definition) is 4. The minimum atomic E-state index is -0.988. The topological polar surface area (TPSA) is 53.0 Å². The first-order valence-corrected chi connectivity index (χ1v) is 13.0. The van der Waals surface area contributed by atoms with Crippen LogP contribution < -0.4 is 4.74 Å². The van der Waals surface area contributed by atoms with Gasteiger partial charge in [0.1, 0.15) is 23.2 Å². The van der Waals surface area contributed by atoms with E-state index in [0.717, 1.165) is 80.3 Å². The standard InChI is InChI=1S/C28H36ClFN2O3/c1-20-17-23(29)5-8-26(20)35-25-11-13-31(14-12-25)19-22-9-15-32(16-10-22)28(2,27(33)34)18-21-3-6-24(30)7-4-21/h3-8,17,22,25H,9-16,18-19H2,1-2H3,(H,33,34). The molecule has 0 aliphatic carbocycles. The summed E-state index contributed by atoms with van der Waals surface area (Å²) < 4.78 is 19.5. The second-order valence-electron chi connectivity index (χ2n) is 10.3. The fourth-order valence-electron chi connectivity index (χ4n) is 5.43. The van der Waals surface area contributed by atoms with Crippen LogP contribution in [0.15, 0.2) is 42.5 Å². The molecule has 1 atom stereocenters. The van der Waals surface area contributed by atoms with Gasteiger partial charge in [-0.1, -0.05) is 23.7 Å². The Balaban J connectivity index is 1.24. The summed E-state index contributed by atoms with van der Waals surface area (Å²) in [6, 6.07) is 11.9. The van der Waals surface area contributed by atoms with Crippen molar-refractivity contribution in [2.75, 3.05) is 32.7 Å². The lowest BCUT2D eigenvalue weighted by molar-refractivity contribution is -0.151. The molecule has 2 aromatic rings. The van der Waals surface area contributed by atoms with Gasteiger partial charge in [-0.15, -0.1) is 0 Å². The third-order valence-electron chi connectivity index (χ3n) is 7.72. The number of ether oxygens (including phenoxy) is 1. The average Bonchev–Trinajstić information content (AvgIpc) is 2.84. The number of carbonyl (C=O) groups is 1. The van der Waals surface area contributed by atoms with Gasteiger partial charge < -0.3 is 14.7 Å². The number of carboxylic acids is 1. The van der Waals surface area contributed by atoms with Crippen molar-refractivity contribution in [3.63, 3.8) is 0 Å². The second-order valence-corrected chi connectivity index (χ2v) is 10.8. The molecule has 0 radical (unpaired) electrons. The Morgan fingerprint density at radius 2 is 1.74 bits per heavy atom. The molecule has 7 heteroatoms. The van der Waals surface area contributed by atoms with Crippen molar-refractivity contribution in [3.8, 4) is 5.75 Å². The average molecular weight is 503 g/mol. The Morgan fingerprint density at radius 1 is 1.09 bits per heavy atom. The molecule has 2 aromatic carbocycles. The van der Waals surface area contributed by atoms with E-state index in [1.807, 2.05) is 25.1 Å². The summed E-state index contributed by atoms with van der Waals surface area (Å²) >= 11 is 6.06. The van der Waals surface area contributed by atoms with Gasteiger partial charge in [0.25, 0.3) is 0 Å². The Kier molecular flexibility index (Phi) is 8.35. The van der Waals surface area contributed by atoms with Crippen molar-refractivity contribution in [3.05, 3.63) is 64.4 Å². The summed E-state index contributed by atoms with van der Waals surface area (Å²) in [7, 11) is 0. The molecule has 190 valence electrons. The van der Waals surface area contributed by atoms with E-state index in [1.165, 1.54) is 12.1 Å². The van der Waals surface area contributed by atoms with Crippen molar-refractivity contribution in [1.29, 1.82) is 0 Å². The number of aliphatic carboxylic acids is 1. The summed E-state index contributed by atoms with van der Waals surface area (Å²) in [5.41, 5.74) is 0.926. The van der Waals surface area contributed by atoms with Crippen molar-refractivity contribution in [2.24, 2.45) is 5.92 Å². The van der Waals surface area contributed by atoms with Crippen molar-refractivity contribution in [1.82, 2.24) is 9.80 Å². The highest BCUT2D eigenvalue weighted by Gasteiger charge is 2.41. The van der Waals surface area contributed by atoms with E-state index in [4.69, 9.17) is 16.3 Å². The molecule has 0 bridgehead atoms. The van der Waals surface area contributed by atoms with Crippen LogP contribution in [0.3, 0.4) is 0 Å². The van der Waals surface area contributed by atoms with E-state index in [9.17, 15) is 14.3 Å². The molecule has 2 aliphatic heterocycles. The molecule has 0 amide bonds. The molecular weight excluding hydrogens is 467 g/mol. The zero-order valence-electron chi connectivity index (χ0n) is 20.7. The normalized spacial score (nSPS) is 20.5. The van der Waals surface area contributed by atoms with Crippen molar-refractivity contribution in [2.45, 2.75) is 57.6 Å². The van der Waals surface area contributed by atoms with E-state index < -0.39 is 11.5 Å². The lowest BCUT2D eigenvalue weighted by Gasteiger charge is -2.43. The quantitative estimate of drug-likeness (QED) is 0.521. The maximum Gasteiger partial charge on any atom is 0.324 e. The lowest BCUT2D eigenvalue weighted by atomic mass is 9.86. The van der Waals surface area contributed by atoms with Crippen LogP contribution in [0.4, 0.5) is 4.39 Å². The predicted octanol–water partition coefficient (Wildman–Crippen LogP) is 5.43. The minimum Gasteiger partial charge on any atom is -0.490 e. The number of piperidine rings is 2. The van der Waals surface area contributed by atoms with Gasteiger partial charge in [-0.3, -0.25) is 9.69 Å². The fraction of sp³-hybridized carbons (Fsp3) is 0.536. The second kappa shape index (κ2) is 11.3. The Labute approximate surface area is 212 Å². The first-order chi connectivity index (χ1) is 16.7. The third-order valence-corrected chi connectivity index (χ3v) is 7.95. The Hall–Kier alpha value is -2.15. The van der Waals surface area contributed by atoms with Gasteiger partial charge in [0.2, 0.25) is 0 Å². The molecule has 2 saturated heterocycles. The molecule has 2 fully saturated rings. The van der Waals surface area contributed by atoms with Gasteiger partial charge in [0.05, 0.1) is 0 Å². The maximum absolute atomic E-state index is 13.3. The predicted molar refractivity (Wildman–Crippen MR) is 137 cm³/mol. The van der Waals surface area contributed by atoms with Crippen molar-refractivity contribution >= 4 is 17.6 Å². The zero-order chi connectivity index (χ0) is 25.0. The van der Waals surface area contributed by atoms with Crippen LogP contribution in [0.5, 0.6) is 5.75 Å². The molecule has 35 heavy (non-hydrogen) atoms. The molecule has 1 N–H and O–H groups in total. The molecule has 4 rings (SSSR count). The van der Waals surface area contributed by atoms with E-state index in [-0.39, 0.29) is 11.9 Å². The van der Waals surface area contributed by atoms with Crippen LogP contribution in [0, 0.1) is 18.7 Å². The van der Waals surface area contributed by atoms with Crippen LogP contribution in [-0.2, 0) is 11.2 Å². The Morgan fingerprint density at radius 3 is 2.34 bits per heavy atom. The van der Waals surface area contributed by atoms with Crippen LogP contribution >= 0.6 is 11.6 Å². The Bertz CT molecular complexity index is 1000. The van der Waals surface area contributed by atoms with Gasteiger partial charge in [-0.25, -0.2) is 4.39 Å². The molecule has 2 heterocycles. The van der Waals surface area contributed by atoms with Crippen LogP contribution in [0.2, 0.25) is 5.02 Å². The van der Waals surface area contributed by atoms with Gasteiger partial charge in [0.15, 0.2) is 0 Å². The van der Waals surface area contributed by atoms with E-state index in [2.05, 4.69) is 9.80 Å². The van der Waals surface area contributed by atoms with Gasteiger partial charge in [0, 0.05) is 31.1 Å². The van der Waals surface area contributed by atoms with Crippen LogP contribution in [0.25, 0.3) is 0 Å². The van der Waals surface area contributed by atoms with Gasteiger partial charge >= 0.3 is 5.97 Å². The highest BCUT2D eigenvalue weighted by molar-refractivity contribution is 6.30. The minimum absolute atomic E-state index is 0.232. The fourth-order valence-corrected chi connectivity index (χ4v) is 5.66. The highest BCUT2D eigenvalue weighted by atomic mass is 35.5. The molecule has 0 saturated carbocycles. The van der Waals surface area contributed by atoms with E-state index >= 15 is 0 Å². The smallest absolute Gasteiger partial charge is 0.324 e. The molecule has 1 unspecified atom stereocenters. The lowest BCUT2D eigenvalue weighted by Crippen LogP contribution is -2.57. The molecular formula is C28H36ClFN2O3. The summed E-state index contributed by atoms with van der Waals surface area (Å²) in [5, 5.41) is 10.8. The van der Waals surface area contributed by atoms with E-state index in [1.54, 1.807) is 19.1 Å². The molecule has 2 aliphatic rings. The SMILES string of the molecule is Cc1cc(Cl)ccc1OC1CCN(CC2CCN(C(C)(Cc3ccc(F)cc3)C(=O)O)CC2)CC1. The first kappa shape index (κ1) is 25.9. The largest absolute Gasteiger partial charge is 0.490 e. The number of aryl methyl sites for hydroxylation is 1. The van der Waals surface area contributed by atoms with Crippen molar-refractivity contribution < 1.29 is 19.0 Å². The number of rotatable bonds is 8. The molecule has 0 spiro atoms. The number of nitrogens with zero attached hydrogens (tertiary/aromatic N) is 2. The zero-order valence-corrected chi connectivity index (χ0v) is 21.4. The van der Waals surface area contributed by atoms with Crippen LogP contribution in [-0.4, -0.2) is 65.2 Å². The number of likely N-dealkylation sites (tertiary alicyclic amines) is 2. The number of carboxylic acid groups (broad SMARTS) is 1. The molecule has 5 nitrogen and oxygen atoms in total. The summed E-state index contributed by atoms with van der Waals surface area (Å²) in [6.45, 7) is 8.46. The van der Waals surface area contributed by atoms with Crippen LogP contribution in [0.1, 0.15) is 43.7 Å². The monoisotopic (exact) mass is 502 g/mol. The summed E-state index contributed by atoms with van der Waals surface area (Å²) in [4.78, 5) is 16.9. The van der Waals surface area contributed by atoms with Gasteiger partial charge in [-0.05, 0) is 100.0 Å². The van der Waals surface area contributed by atoms with Gasteiger partial charge in [-0.2, -0.15) is 0 Å². The molecule has 0 aromatic heterocycles. The number of halogens is 2. The number of benzene rings is 2. The third kappa shape index (κ3) is 6.54. The summed E-state index contributed by atoms with van der Waals surface area (Å²) in [5.74, 6) is 0.369. The highest BCUT2D eigenvalue weighted by Crippen LogP contribution is 2.30. The maximum atomic E-state index is 13.3. The first-order valence-electron chi connectivity index (χ1n) is 12.6. The number of hydrogen-bond donors (Lipinski definition) is 1. The summed E-state index contributed by atoms with van der Waals surface area (Å²) in [6.07, 6.45) is 4.61.